The number of amides is 2. The largest absolute Gasteiger partial charge is 0.465 e. The molecule has 306 valence electrons. The van der Waals surface area contributed by atoms with Crippen LogP contribution in [0.3, 0.4) is 0 Å². The third kappa shape index (κ3) is 6.16. The molecule has 8 heterocycles. The van der Waals surface area contributed by atoms with Gasteiger partial charge in [0.1, 0.15) is 44.6 Å². The first-order valence-electron chi connectivity index (χ1n) is 19.6. The number of aliphatic imine (C=N–C) groups is 2. The molecule has 6 aliphatic rings. The molecule has 4 aliphatic heterocycles. The molecule has 2 amide bonds. The van der Waals surface area contributed by atoms with Crippen LogP contribution in [0.5, 0.6) is 0 Å². The predicted octanol–water partition coefficient (Wildman–Crippen LogP) is 4.04. The molecule has 4 aromatic rings. The molecule has 20 heteroatoms. The van der Waals surface area contributed by atoms with E-state index in [-0.39, 0.29) is 82.4 Å². The lowest BCUT2D eigenvalue weighted by Gasteiger charge is -2.53. The first kappa shape index (κ1) is 38.2. The average molecular weight is 847 g/mol. The molecular weight excluding hydrogens is 809 g/mol. The minimum atomic E-state index is -1.02. The Morgan fingerprint density at radius 2 is 1.13 bits per heavy atom. The molecule has 0 bridgehead atoms. The minimum Gasteiger partial charge on any atom is -0.465 e. The van der Waals surface area contributed by atoms with Gasteiger partial charge in [0, 0.05) is 35.0 Å². The van der Waals surface area contributed by atoms with Crippen molar-refractivity contribution >= 4 is 58.2 Å². The number of hydrazine groups is 1. The van der Waals surface area contributed by atoms with Gasteiger partial charge in [-0.1, -0.05) is 0 Å². The fourth-order valence-electron chi connectivity index (χ4n) is 9.10. The maximum atomic E-state index is 15.0. The van der Waals surface area contributed by atoms with E-state index < -0.39 is 22.9 Å². The second-order valence-corrected chi connectivity index (χ2v) is 17.9. The van der Waals surface area contributed by atoms with Crippen molar-refractivity contribution in [2.75, 3.05) is 36.4 Å². The molecule has 4 N–H and O–H groups in total. The van der Waals surface area contributed by atoms with E-state index in [9.17, 15) is 10.5 Å². The molecule has 0 aromatic carbocycles. The average Bonchev–Trinajstić information content (AvgIpc) is 3.95. The Bertz CT molecular complexity index is 2350. The number of nitriles is 2. The molecule has 18 nitrogen and oxygen atoms in total. The Labute approximate surface area is 351 Å². The number of anilines is 2. The zero-order valence-corrected chi connectivity index (χ0v) is 33.8. The number of nitrogens with two attached hydrogens (primary N) is 2. The third-order valence-electron chi connectivity index (χ3n) is 12.8. The van der Waals surface area contributed by atoms with Crippen molar-refractivity contribution in [3.63, 3.8) is 0 Å². The summed E-state index contributed by atoms with van der Waals surface area (Å²) in [5.74, 6) is -1.67. The Hall–Kier alpha value is -6.06. The number of rotatable bonds is 6. The van der Waals surface area contributed by atoms with Crippen molar-refractivity contribution in [1.29, 1.82) is 10.5 Å². The van der Waals surface area contributed by atoms with Crippen LogP contribution >= 0.6 is 22.7 Å². The number of hydrogen-bond donors (Lipinski definition) is 2. The standard InChI is InChI=1S/C40H38N12O6S2/c41-13-23-3-5-27(45-15-23)31(53)51(29-19-59-33(47-29)39-21-57-37(7-1-8-37)11-25(39)17-55-35(43)49-39)52(32(54)28-6-4-24(14-42)16-46-28)30-20-60-34(48-30)40-22-58-38(9-2-10-38)12-26(40)18-56-36(44)50-40/h3-6,15-16,19-20,25-26H,1-2,7-12,17-18,21-22H2,(H2,43,49)(H2,44,50)/t25-,26-,39-,40-/m0/s1. The summed E-state index contributed by atoms with van der Waals surface area (Å²) in [6, 6.07) is 9.79. The van der Waals surface area contributed by atoms with Crippen molar-refractivity contribution in [1.82, 2.24) is 19.9 Å². The molecule has 2 saturated carbocycles. The van der Waals surface area contributed by atoms with Gasteiger partial charge >= 0.3 is 0 Å². The molecule has 2 aliphatic carbocycles. The maximum Gasteiger partial charge on any atom is 0.297 e. The van der Waals surface area contributed by atoms with Gasteiger partial charge in [-0.05, 0) is 75.6 Å². The van der Waals surface area contributed by atoms with E-state index in [1.54, 1.807) is 10.8 Å². The van der Waals surface area contributed by atoms with Crippen LogP contribution < -0.4 is 21.5 Å². The van der Waals surface area contributed by atoms with Crippen LogP contribution in [0, 0.1) is 34.5 Å². The molecule has 0 radical (unpaired) electrons. The van der Waals surface area contributed by atoms with Gasteiger partial charge in [0.15, 0.2) is 11.6 Å². The van der Waals surface area contributed by atoms with Crippen LogP contribution in [-0.2, 0) is 30.0 Å². The normalized spacial score (nSPS) is 26.8. The van der Waals surface area contributed by atoms with Gasteiger partial charge in [-0.15, -0.1) is 22.7 Å². The Morgan fingerprint density at radius 1 is 0.700 bits per heavy atom. The minimum absolute atomic E-state index is 0.00795. The van der Waals surface area contributed by atoms with Gasteiger partial charge in [-0.2, -0.15) is 20.5 Å². The summed E-state index contributed by atoms with van der Waals surface area (Å²) in [6.45, 7) is 1.03. The molecule has 4 aromatic heterocycles. The van der Waals surface area contributed by atoms with E-state index in [4.69, 9.17) is 50.4 Å². The van der Waals surface area contributed by atoms with Crippen LogP contribution in [0.15, 0.2) is 57.4 Å². The SMILES string of the molecule is N#Cc1ccc(C(=O)N(c2csc([C@]34COC5(CCC5)C[C@H]3COC(N)=N4)n2)N(C(=O)c2ccc(C#N)cn2)c2csc([C@]34COC5(CCC5)C[C@H]3COC(N)=N4)n2)nc1. The van der Waals surface area contributed by atoms with Crippen molar-refractivity contribution in [2.24, 2.45) is 33.3 Å². The number of ether oxygens (including phenoxy) is 4. The fourth-order valence-corrected chi connectivity index (χ4v) is 11.1. The monoisotopic (exact) mass is 846 g/mol. The lowest BCUT2D eigenvalue weighted by atomic mass is 9.67. The number of fused-ring (bicyclic) bond motifs is 2. The quantitative estimate of drug-likeness (QED) is 0.260. The van der Waals surface area contributed by atoms with Crippen LogP contribution in [0.1, 0.15) is 93.5 Å². The summed E-state index contributed by atoms with van der Waals surface area (Å²) in [5, 5.41) is 25.6. The van der Waals surface area contributed by atoms with Crippen LogP contribution in [0.2, 0.25) is 0 Å². The Morgan fingerprint density at radius 3 is 1.48 bits per heavy atom. The maximum absolute atomic E-state index is 15.0. The first-order chi connectivity index (χ1) is 29.1. The molecule has 2 spiro atoms. The molecule has 0 unspecified atom stereocenters. The molecule has 10 rings (SSSR count). The summed E-state index contributed by atoms with van der Waals surface area (Å²) >= 11 is 2.49. The van der Waals surface area contributed by atoms with Crippen LogP contribution in [-0.4, -0.2) is 81.4 Å². The number of carbonyl (C=O) groups excluding carboxylic acids is 2. The summed E-state index contributed by atoms with van der Waals surface area (Å²) in [5.41, 5.74) is 10.2. The van der Waals surface area contributed by atoms with E-state index in [1.807, 2.05) is 12.1 Å². The van der Waals surface area contributed by atoms with Gasteiger partial charge in [0.05, 0.1) is 48.8 Å². The summed E-state index contributed by atoms with van der Waals surface area (Å²) in [6.07, 6.45) is 9.86. The van der Waals surface area contributed by atoms with E-state index in [0.29, 0.717) is 36.1 Å². The van der Waals surface area contributed by atoms with Crippen molar-refractivity contribution in [2.45, 2.75) is 73.6 Å². The van der Waals surface area contributed by atoms with Crippen molar-refractivity contribution in [3.8, 4) is 12.1 Å². The molecular formula is C40H38N12O6S2. The third-order valence-corrected chi connectivity index (χ3v) is 14.8. The van der Waals surface area contributed by atoms with Gasteiger partial charge in [0.25, 0.3) is 23.9 Å². The highest BCUT2D eigenvalue weighted by atomic mass is 32.1. The topological polar surface area (TPSA) is 253 Å². The highest BCUT2D eigenvalue weighted by Gasteiger charge is 2.58. The molecule has 4 fully saturated rings. The number of hydrogen-bond acceptors (Lipinski definition) is 18. The molecule has 4 atom stereocenters. The Kier molecular flexibility index (Phi) is 9.09. The van der Waals surface area contributed by atoms with Crippen molar-refractivity contribution < 1.29 is 28.5 Å². The number of nitrogens with zero attached hydrogens (tertiary/aromatic N) is 10. The zero-order valence-electron chi connectivity index (χ0n) is 32.2. The van der Waals surface area contributed by atoms with Gasteiger partial charge < -0.3 is 30.4 Å². The van der Waals surface area contributed by atoms with E-state index in [1.165, 1.54) is 59.3 Å². The van der Waals surface area contributed by atoms with E-state index in [0.717, 1.165) is 48.5 Å². The van der Waals surface area contributed by atoms with E-state index in [2.05, 4.69) is 9.97 Å². The zero-order chi connectivity index (χ0) is 41.3. The van der Waals surface area contributed by atoms with Crippen LogP contribution in [0.4, 0.5) is 11.6 Å². The Balaban J connectivity index is 1.11. The number of pyridine rings is 2. The lowest BCUT2D eigenvalue weighted by Crippen LogP contribution is -2.58. The highest BCUT2D eigenvalue weighted by Crippen LogP contribution is 2.55. The lowest BCUT2D eigenvalue weighted by molar-refractivity contribution is -0.182. The highest BCUT2D eigenvalue weighted by molar-refractivity contribution is 7.10. The number of thiazole rings is 2. The predicted molar refractivity (Wildman–Crippen MR) is 216 cm³/mol. The van der Waals surface area contributed by atoms with Crippen LogP contribution in [0.25, 0.3) is 0 Å². The number of carbonyl (C=O) groups is 2. The van der Waals surface area contributed by atoms with E-state index >= 15 is 9.59 Å². The summed E-state index contributed by atoms with van der Waals surface area (Å²) in [7, 11) is 0. The smallest absolute Gasteiger partial charge is 0.297 e. The second kappa shape index (κ2) is 14.3. The first-order valence-corrected chi connectivity index (χ1v) is 21.4. The summed E-state index contributed by atoms with van der Waals surface area (Å²) < 4.78 is 24.6. The second-order valence-electron chi connectivity index (χ2n) is 16.2. The fraction of sp³-hybridized carbons (Fsp3) is 0.450. The number of aromatic nitrogens is 4. The molecule has 60 heavy (non-hydrogen) atoms. The van der Waals surface area contributed by atoms with Gasteiger partial charge in [-0.3, -0.25) is 9.59 Å². The van der Waals surface area contributed by atoms with Gasteiger partial charge in [0.2, 0.25) is 0 Å². The molecule has 2 saturated heterocycles. The number of amidine groups is 2. The summed E-state index contributed by atoms with van der Waals surface area (Å²) in [4.78, 5) is 58.4. The van der Waals surface area contributed by atoms with Gasteiger partial charge in [-0.25, -0.2) is 29.9 Å². The van der Waals surface area contributed by atoms with Crippen molar-refractivity contribution in [3.05, 3.63) is 79.9 Å².